The summed E-state index contributed by atoms with van der Waals surface area (Å²) in [6.07, 6.45) is 5.37. The predicted octanol–water partition coefficient (Wildman–Crippen LogP) is 1.42. The molecule has 0 atom stereocenters. The molecule has 4 heteroatoms. The number of piperazine rings is 1. The van der Waals surface area contributed by atoms with Crippen molar-refractivity contribution in [2.45, 2.75) is 32.6 Å². The zero-order valence-electron chi connectivity index (χ0n) is 13.3. The van der Waals surface area contributed by atoms with E-state index in [9.17, 15) is 0 Å². The summed E-state index contributed by atoms with van der Waals surface area (Å²) in [5.74, 6) is 1.04. The van der Waals surface area contributed by atoms with Gasteiger partial charge < -0.3 is 15.0 Å². The maximum absolute atomic E-state index is 5.34. The minimum Gasteiger partial charge on any atom is -0.382 e. The normalized spacial score (nSPS) is 21.4. The molecule has 1 aliphatic carbocycles. The number of nitrogens with zero attached hydrogens (tertiary/aromatic N) is 2. The third-order valence-corrected chi connectivity index (χ3v) is 4.38. The van der Waals surface area contributed by atoms with E-state index in [-0.39, 0.29) is 0 Å². The summed E-state index contributed by atoms with van der Waals surface area (Å²) in [5.41, 5.74) is 0. The Labute approximate surface area is 124 Å². The van der Waals surface area contributed by atoms with Crippen molar-refractivity contribution >= 4 is 0 Å². The zero-order valence-corrected chi connectivity index (χ0v) is 13.3. The molecule has 118 valence electrons. The molecule has 0 aromatic heterocycles. The van der Waals surface area contributed by atoms with E-state index >= 15 is 0 Å². The molecule has 1 N–H and O–H groups in total. The summed E-state index contributed by atoms with van der Waals surface area (Å²) >= 11 is 0. The summed E-state index contributed by atoms with van der Waals surface area (Å²) in [7, 11) is 0. The third kappa shape index (κ3) is 7.02. The van der Waals surface area contributed by atoms with Crippen LogP contribution in [0, 0.1) is 5.92 Å². The van der Waals surface area contributed by atoms with Crippen LogP contribution in [0.5, 0.6) is 0 Å². The van der Waals surface area contributed by atoms with E-state index in [4.69, 9.17) is 4.74 Å². The van der Waals surface area contributed by atoms with E-state index in [1.165, 1.54) is 65.0 Å². The highest BCUT2D eigenvalue weighted by Crippen LogP contribution is 2.29. The average molecular weight is 283 g/mol. The molecule has 2 aliphatic rings. The van der Waals surface area contributed by atoms with Crippen LogP contribution in [0.4, 0.5) is 0 Å². The first-order chi connectivity index (χ1) is 9.88. The van der Waals surface area contributed by atoms with Crippen LogP contribution in [-0.2, 0) is 4.74 Å². The summed E-state index contributed by atoms with van der Waals surface area (Å²) in [5, 5.41) is 3.55. The van der Waals surface area contributed by atoms with E-state index in [1.807, 2.05) is 0 Å². The van der Waals surface area contributed by atoms with Gasteiger partial charge in [0.2, 0.25) is 0 Å². The van der Waals surface area contributed by atoms with Crippen LogP contribution in [0.3, 0.4) is 0 Å². The number of hydrogen-bond donors (Lipinski definition) is 1. The quantitative estimate of drug-likeness (QED) is 0.581. The van der Waals surface area contributed by atoms with Crippen molar-refractivity contribution in [1.82, 2.24) is 15.1 Å². The predicted molar refractivity (Wildman–Crippen MR) is 84.2 cm³/mol. The Morgan fingerprint density at radius 2 is 1.75 bits per heavy atom. The molecule has 0 bridgehead atoms. The van der Waals surface area contributed by atoms with Crippen LogP contribution in [0.25, 0.3) is 0 Å². The molecule has 1 heterocycles. The van der Waals surface area contributed by atoms with Crippen LogP contribution >= 0.6 is 0 Å². The minimum absolute atomic E-state index is 0.847. The van der Waals surface area contributed by atoms with E-state index in [2.05, 4.69) is 22.0 Å². The molecular weight excluding hydrogens is 250 g/mol. The Balaban J connectivity index is 1.37. The standard InChI is InChI=1S/C16H33N3O/c1-2-20-14-4-3-7-17-8-9-18-10-12-19(13-11-18)15-16-5-6-16/h16-17H,2-15H2,1H3. The Morgan fingerprint density at radius 3 is 2.45 bits per heavy atom. The lowest BCUT2D eigenvalue weighted by Gasteiger charge is -2.34. The van der Waals surface area contributed by atoms with Crippen LogP contribution in [0.1, 0.15) is 32.6 Å². The van der Waals surface area contributed by atoms with Crippen LogP contribution < -0.4 is 5.32 Å². The number of rotatable bonds is 11. The lowest BCUT2D eigenvalue weighted by Crippen LogP contribution is -2.48. The molecule has 0 unspecified atom stereocenters. The Hall–Kier alpha value is -0.160. The van der Waals surface area contributed by atoms with Gasteiger partial charge in [-0.1, -0.05) is 0 Å². The summed E-state index contributed by atoms with van der Waals surface area (Å²) in [6.45, 7) is 13.8. The summed E-state index contributed by atoms with van der Waals surface area (Å²) in [4.78, 5) is 5.27. The van der Waals surface area contributed by atoms with Crippen molar-refractivity contribution in [2.75, 3.05) is 65.6 Å². The van der Waals surface area contributed by atoms with Gasteiger partial charge in [0, 0.05) is 59.0 Å². The van der Waals surface area contributed by atoms with Gasteiger partial charge in [0.1, 0.15) is 0 Å². The van der Waals surface area contributed by atoms with Gasteiger partial charge in [0.25, 0.3) is 0 Å². The molecule has 0 radical (unpaired) electrons. The second-order valence-electron chi connectivity index (χ2n) is 6.24. The van der Waals surface area contributed by atoms with Crippen molar-refractivity contribution in [1.29, 1.82) is 0 Å². The van der Waals surface area contributed by atoms with Gasteiger partial charge in [-0.15, -0.1) is 0 Å². The number of ether oxygens (including phenoxy) is 1. The fourth-order valence-electron chi connectivity index (χ4n) is 2.82. The van der Waals surface area contributed by atoms with Crippen LogP contribution in [0.2, 0.25) is 0 Å². The maximum Gasteiger partial charge on any atom is 0.0466 e. The number of unbranched alkanes of at least 4 members (excludes halogenated alkanes) is 1. The van der Waals surface area contributed by atoms with Gasteiger partial charge in [-0.3, -0.25) is 4.90 Å². The second-order valence-corrected chi connectivity index (χ2v) is 6.24. The van der Waals surface area contributed by atoms with Crippen molar-refractivity contribution < 1.29 is 4.74 Å². The lowest BCUT2D eigenvalue weighted by molar-refractivity contribution is 0.128. The van der Waals surface area contributed by atoms with E-state index in [0.717, 1.165) is 32.2 Å². The average Bonchev–Trinajstić information content (AvgIpc) is 3.27. The first kappa shape index (κ1) is 16.2. The Morgan fingerprint density at radius 1 is 1.00 bits per heavy atom. The van der Waals surface area contributed by atoms with Crippen molar-refractivity contribution in [2.24, 2.45) is 5.92 Å². The second kappa shape index (κ2) is 9.72. The number of hydrogen-bond acceptors (Lipinski definition) is 4. The molecular formula is C16H33N3O. The fraction of sp³-hybridized carbons (Fsp3) is 1.00. The van der Waals surface area contributed by atoms with Crippen LogP contribution in [0.15, 0.2) is 0 Å². The largest absolute Gasteiger partial charge is 0.382 e. The van der Waals surface area contributed by atoms with Gasteiger partial charge >= 0.3 is 0 Å². The highest BCUT2D eigenvalue weighted by atomic mass is 16.5. The molecule has 1 saturated heterocycles. The van der Waals surface area contributed by atoms with Gasteiger partial charge in [-0.05, 0) is 45.1 Å². The molecule has 2 rings (SSSR count). The van der Waals surface area contributed by atoms with Crippen molar-refractivity contribution in [3.8, 4) is 0 Å². The highest BCUT2D eigenvalue weighted by Gasteiger charge is 2.26. The number of nitrogens with one attached hydrogen (secondary N) is 1. The first-order valence-electron chi connectivity index (χ1n) is 8.61. The van der Waals surface area contributed by atoms with Gasteiger partial charge in [-0.25, -0.2) is 0 Å². The Kier molecular flexibility index (Phi) is 7.88. The van der Waals surface area contributed by atoms with E-state index in [0.29, 0.717) is 0 Å². The monoisotopic (exact) mass is 283 g/mol. The molecule has 4 nitrogen and oxygen atoms in total. The van der Waals surface area contributed by atoms with E-state index in [1.54, 1.807) is 0 Å². The van der Waals surface area contributed by atoms with Crippen LogP contribution in [-0.4, -0.2) is 75.4 Å². The SMILES string of the molecule is CCOCCCCNCCN1CCN(CC2CC2)CC1. The molecule has 20 heavy (non-hydrogen) atoms. The fourth-order valence-corrected chi connectivity index (χ4v) is 2.82. The molecule has 2 fully saturated rings. The zero-order chi connectivity index (χ0) is 14.0. The smallest absolute Gasteiger partial charge is 0.0466 e. The lowest BCUT2D eigenvalue weighted by atomic mass is 10.2. The van der Waals surface area contributed by atoms with Crippen molar-refractivity contribution in [3.05, 3.63) is 0 Å². The van der Waals surface area contributed by atoms with Gasteiger partial charge in [0.15, 0.2) is 0 Å². The maximum atomic E-state index is 5.34. The topological polar surface area (TPSA) is 27.7 Å². The molecule has 0 spiro atoms. The molecule has 0 aromatic rings. The molecule has 0 amide bonds. The van der Waals surface area contributed by atoms with Gasteiger partial charge in [-0.2, -0.15) is 0 Å². The summed E-state index contributed by atoms with van der Waals surface area (Å²) in [6, 6.07) is 0. The highest BCUT2D eigenvalue weighted by molar-refractivity contribution is 4.80. The Bertz CT molecular complexity index is 238. The minimum atomic E-state index is 0.847. The molecule has 1 aliphatic heterocycles. The molecule has 0 aromatic carbocycles. The summed E-state index contributed by atoms with van der Waals surface area (Å²) < 4.78 is 5.34. The van der Waals surface area contributed by atoms with E-state index < -0.39 is 0 Å². The van der Waals surface area contributed by atoms with Crippen molar-refractivity contribution in [3.63, 3.8) is 0 Å². The third-order valence-electron chi connectivity index (χ3n) is 4.38. The first-order valence-corrected chi connectivity index (χ1v) is 8.61. The van der Waals surface area contributed by atoms with Gasteiger partial charge in [0.05, 0.1) is 0 Å². The molecule has 1 saturated carbocycles.